The Morgan fingerprint density at radius 2 is 1.85 bits per heavy atom. The van der Waals surface area contributed by atoms with Gasteiger partial charge in [0, 0.05) is 11.6 Å². The van der Waals surface area contributed by atoms with E-state index in [1.165, 1.54) is 19.2 Å². The Balaban J connectivity index is 2.05. The molecule has 26 heavy (non-hydrogen) atoms. The van der Waals surface area contributed by atoms with Crippen LogP contribution in [0.5, 0.6) is 11.5 Å². The van der Waals surface area contributed by atoms with Crippen molar-refractivity contribution in [2.45, 2.75) is 13.3 Å². The zero-order chi connectivity index (χ0) is 19.1. The second-order valence-electron chi connectivity index (χ2n) is 5.40. The summed E-state index contributed by atoms with van der Waals surface area (Å²) in [4.78, 5) is 22.5. The van der Waals surface area contributed by atoms with Gasteiger partial charge in [0.25, 0.3) is 0 Å². The molecule has 0 aliphatic carbocycles. The van der Waals surface area contributed by atoms with Crippen LogP contribution in [0.2, 0.25) is 0 Å². The lowest BCUT2D eigenvalue weighted by atomic mass is 10.1. The first-order chi connectivity index (χ1) is 12.4. The molecule has 1 N–H and O–H groups in total. The van der Waals surface area contributed by atoms with Gasteiger partial charge in [0.05, 0.1) is 31.3 Å². The predicted octanol–water partition coefficient (Wildman–Crippen LogP) is 2.69. The Kier molecular flexibility index (Phi) is 6.26. The van der Waals surface area contributed by atoms with Gasteiger partial charge in [0.1, 0.15) is 5.75 Å². The topological polar surface area (TPSA) is 103 Å². The Morgan fingerprint density at radius 3 is 2.42 bits per heavy atom. The second-order valence-corrected chi connectivity index (χ2v) is 5.40. The molecule has 0 saturated heterocycles. The number of methoxy groups -OCH3 is 2. The van der Waals surface area contributed by atoms with Gasteiger partial charge in [-0.3, -0.25) is 14.9 Å². The SMILES string of the molecule is COc1ccc(CC(=O)N/N=C(/C)c2ccc(OC)c([N+](=O)[O-])c2)cc1. The number of hydrazone groups is 1. The number of ether oxygens (including phenoxy) is 2. The minimum Gasteiger partial charge on any atom is -0.497 e. The maximum Gasteiger partial charge on any atom is 0.311 e. The molecule has 1 amide bonds. The summed E-state index contributed by atoms with van der Waals surface area (Å²) in [6.07, 6.45) is 0.156. The smallest absolute Gasteiger partial charge is 0.311 e. The average Bonchev–Trinajstić information content (AvgIpc) is 2.66. The summed E-state index contributed by atoms with van der Waals surface area (Å²) < 4.78 is 10.0. The summed E-state index contributed by atoms with van der Waals surface area (Å²) >= 11 is 0. The van der Waals surface area contributed by atoms with Crippen molar-refractivity contribution in [3.8, 4) is 11.5 Å². The van der Waals surface area contributed by atoms with E-state index in [-0.39, 0.29) is 23.8 Å². The summed E-state index contributed by atoms with van der Waals surface area (Å²) in [5, 5.41) is 15.1. The molecule has 8 heteroatoms. The van der Waals surface area contributed by atoms with Crippen LogP contribution in [0, 0.1) is 10.1 Å². The Labute approximate surface area is 150 Å². The Hall–Kier alpha value is -3.42. The van der Waals surface area contributed by atoms with Crippen LogP contribution in [-0.4, -0.2) is 30.8 Å². The number of amides is 1. The van der Waals surface area contributed by atoms with Gasteiger partial charge in [0.2, 0.25) is 5.91 Å². The third-order valence-corrected chi connectivity index (χ3v) is 3.67. The van der Waals surface area contributed by atoms with Crippen molar-refractivity contribution in [3.63, 3.8) is 0 Å². The number of rotatable bonds is 7. The van der Waals surface area contributed by atoms with Gasteiger partial charge < -0.3 is 9.47 Å². The van der Waals surface area contributed by atoms with Crippen LogP contribution >= 0.6 is 0 Å². The molecule has 0 fully saturated rings. The average molecular weight is 357 g/mol. The molecular formula is C18H19N3O5. The fourth-order valence-electron chi connectivity index (χ4n) is 2.24. The molecule has 2 rings (SSSR count). The van der Waals surface area contributed by atoms with Crippen LogP contribution in [-0.2, 0) is 11.2 Å². The van der Waals surface area contributed by atoms with Gasteiger partial charge in [-0.05, 0) is 36.8 Å². The van der Waals surface area contributed by atoms with Crippen LogP contribution < -0.4 is 14.9 Å². The molecule has 0 aliphatic heterocycles. The van der Waals surface area contributed by atoms with E-state index in [1.807, 2.05) is 0 Å². The van der Waals surface area contributed by atoms with E-state index in [4.69, 9.17) is 9.47 Å². The molecule has 0 aliphatic rings. The van der Waals surface area contributed by atoms with Crippen LogP contribution in [0.15, 0.2) is 47.6 Å². The number of benzene rings is 2. The van der Waals surface area contributed by atoms with E-state index >= 15 is 0 Å². The first kappa shape index (κ1) is 18.9. The van der Waals surface area contributed by atoms with Gasteiger partial charge in [-0.1, -0.05) is 12.1 Å². The van der Waals surface area contributed by atoms with Gasteiger partial charge in [0.15, 0.2) is 5.75 Å². The summed E-state index contributed by atoms with van der Waals surface area (Å²) in [5.41, 5.74) is 4.06. The standard InChI is InChI=1S/C18H19N3O5/c1-12(14-6-9-17(26-3)16(11-14)21(23)24)19-20-18(22)10-13-4-7-15(25-2)8-5-13/h4-9,11H,10H2,1-3H3,(H,20,22)/b19-12-. The lowest BCUT2D eigenvalue weighted by Crippen LogP contribution is -2.21. The van der Waals surface area contributed by atoms with E-state index in [0.29, 0.717) is 17.0 Å². The lowest BCUT2D eigenvalue weighted by molar-refractivity contribution is -0.385. The number of nitrogens with zero attached hydrogens (tertiary/aromatic N) is 2. The number of carbonyl (C=O) groups excluding carboxylic acids is 1. The summed E-state index contributed by atoms with van der Waals surface area (Å²) in [6.45, 7) is 1.65. The first-order valence-electron chi connectivity index (χ1n) is 7.73. The normalized spacial score (nSPS) is 11.0. The highest BCUT2D eigenvalue weighted by Gasteiger charge is 2.16. The van der Waals surface area contributed by atoms with Crippen LogP contribution in [0.4, 0.5) is 5.69 Å². The summed E-state index contributed by atoms with van der Waals surface area (Å²) in [7, 11) is 2.94. The zero-order valence-electron chi connectivity index (χ0n) is 14.7. The fourth-order valence-corrected chi connectivity index (χ4v) is 2.24. The highest BCUT2D eigenvalue weighted by Crippen LogP contribution is 2.27. The maximum atomic E-state index is 12.0. The third kappa shape index (κ3) is 4.79. The van der Waals surface area contributed by atoms with E-state index in [2.05, 4.69) is 10.5 Å². The maximum absolute atomic E-state index is 12.0. The molecule has 2 aromatic rings. The van der Waals surface area contributed by atoms with E-state index in [0.717, 1.165) is 5.56 Å². The van der Waals surface area contributed by atoms with Crippen molar-refractivity contribution in [2.75, 3.05) is 14.2 Å². The molecule has 136 valence electrons. The second kappa shape index (κ2) is 8.61. The minimum atomic E-state index is -0.530. The number of hydrogen-bond donors (Lipinski definition) is 1. The Bertz CT molecular complexity index is 831. The minimum absolute atomic E-state index is 0.156. The number of nitro groups is 1. The van der Waals surface area contributed by atoms with Crippen molar-refractivity contribution < 1.29 is 19.2 Å². The fraction of sp³-hybridized carbons (Fsp3) is 0.222. The number of nitrogens with one attached hydrogen (secondary N) is 1. The molecule has 0 radical (unpaired) electrons. The third-order valence-electron chi connectivity index (χ3n) is 3.67. The predicted molar refractivity (Wildman–Crippen MR) is 96.7 cm³/mol. The van der Waals surface area contributed by atoms with Crippen molar-refractivity contribution in [1.29, 1.82) is 0 Å². The van der Waals surface area contributed by atoms with Gasteiger partial charge in [-0.25, -0.2) is 5.43 Å². The van der Waals surface area contributed by atoms with Gasteiger partial charge in [-0.2, -0.15) is 5.10 Å². The van der Waals surface area contributed by atoms with E-state index in [9.17, 15) is 14.9 Å². The quantitative estimate of drug-likeness (QED) is 0.466. The highest BCUT2D eigenvalue weighted by atomic mass is 16.6. The summed E-state index contributed by atoms with van der Waals surface area (Å²) in [5.74, 6) is 0.580. The van der Waals surface area contributed by atoms with Crippen molar-refractivity contribution in [2.24, 2.45) is 5.10 Å². The van der Waals surface area contributed by atoms with Crippen LogP contribution in [0.25, 0.3) is 0 Å². The first-order valence-corrected chi connectivity index (χ1v) is 7.73. The van der Waals surface area contributed by atoms with E-state index in [1.54, 1.807) is 44.4 Å². The molecule has 0 bridgehead atoms. The molecule has 0 unspecified atom stereocenters. The van der Waals surface area contributed by atoms with Crippen LogP contribution in [0.1, 0.15) is 18.1 Å². The number of hydrogen-bond acceptors (Lipinski definition) is 6. The monoisotopic (exact) mass is 357 g/mol. The largest absolute Gasteiger partial charge is 0.497 e. The van der Waals surface area contributed by atoms with Crippen molar-refractivity contribution in [3.05, 3.63) is 63.7 Å². The van der Waals surface area contributed by atoms with Gasteiger partial charge >= 0.3 is 5.69 Å². The molecule has 0 aromatic heterocycles. The molecular weight excluding hydrogens is 338 g/mol. The lowest BCUT2D eigenvalue weighted by Gasteiger charge is -2.06. The number of nitro benzene ring substituents is 1. The number of carbonyl (C=O) groups is 1. The highest BCUT2D eigenvalue weighted by molar-refractivity contribution is 6.00. The molecule has 8 nitrogen and oxygen atoms in total. The van der Waals surface area contributed by atoms with Crippen molar-refractivity contribution >= 4 is 17.3 Å². The molecule has 0 heterocycles. The zero-order valence-corrected chi connectivity index (χ0v) is 14.7. The van der Waals surface area contributed by atoms with Crippen molar-refractivity contribution in [1.82, 2.24) is 5.43 Å². The van der Waals surface area contributed by atoms with Crippen LogP contribution in [0.3, 0.4) is 0 Å². The Morgan fingerprint density at radius 1 is 1.15 bits per heavy atom. The van der Waals surface area contributed by atoms with E-state index < -0.39 is 4.92 Å². The molecule has 2 aromatic carbocycles. The van der Waals surface area contributed by atoms with Gasteiger partial charge in [-0.15, -0.1) is 0 Å². The molecule has 0 atom stereocenters. The molecule has 0 saturated carbocycles. The summed E-state index contributed by atoms with van der Waals surface area (Å²) in [6, 6.07) is 11.6. The molecule has 0 spiro atoms.